The normalized spacial score (nSPS) is 15.8. The molecular weight excluding hydrogens is 353 g/mol. The van der Waals surface area contributed by atoms with E-state index in [1.54, 1.807) is 12.1 Å². The molecule has 1 aliphatic rings. The molecule has 0 saturated heterocycles. The molecule has 0 unspecified atom stereocenters. The number of benzene rings is 1. The predicted octanol–water partition coefficient (Wildman–Crippen LogP) is -0.993. The number of hydrogen-bond acceptors (Lipinski definition) is 7. The van der Waals surface area contributed by atoms with Crippen molar-refractivity contribution in [3.63, 3.8) is 0 Å². The van der Waals surface area contributed by atoms with Crippen molar-refractivity contribution in [2.24, 2.45) is 5.73 Å². The van der Waals surface area contributed by atoms with Crippen LogP contribution in [0.2, 0.25) is 0 Å². The molecule has 10 nitrogen and oxygen atoms in total. The molecule has 0 saturated carbocycles. The molecule has 1 aromatic heterocycles. The summed E-state index contributed by atoms with van der Waals surface area (Å²) in [7, 11) is -1.35. The molecule has 0 bridgehead atoms. The van der Waals surface area contributed by atoms with Crippen LogP contribution in [0.4, 0.5) is 0 Å². The second-order valence-electron chi connectivity index (χ2n) is 6.21. The Morgan fingerprint density at radius 3 is 3.00 bits per heavy atom. The van der Waals surface area contributed by atoms with Crippen LogP contribution < -0.4 is 15.7 Å². The number of amides is 1. The molecule has 2 heterocycles. The maximum absolute atomic E-state index is 12.4. The number of nitrogens with two attached hydrogens (primary N) is 1. The van der Waals surface area contributed by atoms with Crippen LogP contribution in [0, 0.1) is 0 Å². The fraction of sp³-hybridized carbons (Fsp3) is 0.375. The van der Waals surface area contributed by atoms with E-state index in [0.717, 1.165) is 6.42 Å². The maximum atomic E-state index is 12.4. The minimum Gasteiger partial charge on any atom is -0.534 e. The molecule has 3 rings (SSSR count). The molecule has 0 aliphatic carbocycles. The number of carbonyl (C=O) groups excluding carboxylic acids is 1. The number of hydrogen-bond donors (Lipinski definition) is 4. The quantitative estimate of drug-likeness (QED) is 0.451. The molecule has 1 aliphatic heterocycles. The fourth-order valence-corrected chi connectivity index (χ4v) is 2.98. The Labute approximate surface area is 155 Å². The molecule has 5 N–H and O–H groups in total. The third-order valence-corrected chi connectivity index (χ3v) is 4.29. The summed E-state index contributed by atoms with van der Waals surface area (Å²) < 4.78 is 6.84. The summed E-state index contributed by atoms with van der Waals surface area (Å²) in [5.41, 5.74) is 6.07. The van der Waals surface area contributed by atoms with Crippen molar-refractivity contribution in [2.75, 3.05) is 6.54 Å². The van der Waals surface area contributed by atoms with Crippen molar-refractivity contribution in [3.8, 4) is 5.75 Å². The Kier molecular flexibility index (Phi) is 5.72. The summed E-state index contributed by atoms with van der Waals surface area (Å²) >= 11 is 0. The van der Waals surface area contributed by atoms with E-state index < -0.39 is 19.0 Å². The molecule has 1 atom stereocenters. The number of carbonyl (C=O) groups is 2. The van der Waals surface area contributed by atoms with Gasteiger partial charge in [0.2, 0.25) is 5.91 Å². The minimum atomic E-state index is -1.35. The highest BCUT2D eigenvalue weighted by atomic mass is 16.5. The molecule has 11 heteroatoms. The van der Waals surface area contributed by atoms with E-state index >= 15 is 0 Å². The van der Waals surface area contributed by atoms with E-state index in [1.807, 2.05) is 0 Å². The van der Waals surface area contributed by atoms with Gasteiger partial charge >= 0.3 is 13.1 Å². The van der Waals surface area contributed by atoms with Crippen molar-refractivity contribution in [1.29, 1.82) is 0 Å². The van der Waals surface area contributed by atoms with Gasteiger partial charge in [0.25, 0.3) is 0 Å². The van der Waals surface area contributed by atoms with Gasteiger partial charge in [0, 0.05) is 6.42 Å². The molecule has 0 fully saturated rings. The van der Waals surface area contributed by atoms with E-state index in [2.05, 4.69) is 15.4 Å². The van der Waals surface area contributed by atoms with Gasteiger partial charge in [0.1, 0.15) is 24.4 Å². The van der Waals surface area contributed by atoms with Gasteiger partial charge < -0.3 is 25.8 Å². The van der Waals surface area contributed by atoms with Gasteiger partial charge in [-0.1, -0.05) is 12.1 Å². The molecule has 0 radical (unpaired) electrons. The number of nitrogens with zero attached hydrogens (tertiary/aromatic N) is 3. The van der Waals surface area contributed by atoms with Crippen molar-refractivity contribution in [3.05, 3.63) is 41.5 Å². The highest BCUT2D eigenvalue weighted by Gasteiger charge is 2.37. The summed E-state index contributed by atoms with van der Waals surface area (Å²) in [4.78, 5) is 27.7. The van der Waals surface area contributed by atoms with E-state index in [4.69, 9.17) is 10.4 Å². The topological polar surface area (TPSA) is 153 Å². The number of aromatic nitrogens is 3. The van der Waals surface area contributed by atoms with Crippen molar-refractivity contribution in [2.45, 2.75) is 31.7 Å². The monoisotopic (exact) mass is 373 g/mol. The number of para-hydroxylation sites is 1. The first-order chi connectivity index (χ1) is 13.0. The lowest BCUT2D eigenvalue weighted by molar-refractivity contribution is -0.122. The summed E-state index contributed by atoms with van der Waals surface area (Å²) in [6.45, 7) is 0.466. The standard InChI is InChI=1S/C16H20BN5O5/c18-6-2-5-13-19-9-20-22(13)8-14(23)21-12-7-10-3-1-4-11(16(24)25)15(10)27-17(12)26/h1,3-4,9,12,26H,2,5-8,18H2,(H,21,23)(H,24,25)/t12-/m0/s1. The van der Waals surface area contributed by atoms with Gasteiger partial charge in [-0.25, -0.2) is 14.5 Å². The van der Waals surface area contributed by atoms with Gasteiger partial charge in [-0.2, -0.15) is 5.10 Å². The lowest BCUT2D eigenvalue weighted by Crippen LogP contribution is -2.53. The van der Waals surface area contributed by atoms with Crippen molar-refractivity contribution < 1.29 is 24.4 Å². The van der Waals surface area contributed by atoms with Gasteiger partial charge in [-0.05, 0) is 31.0 Å². The molecule has 1 aromatic carbocycles. The molecule has 2 aromatic rings. The molecule has 27 heavy (non-hydrogen) atoms. The van der Waals surface area contributed by atoms with Crippen LogP contribution in [0.1, 0.15) is 28.2 Å². The zero-order chi connectivity index (χ0) is 19.4. The number of rotatable bonds is 7. The Bertz CT molecular complexity index is 842. The Morgan fingerprint density at radius 1 is 1.44 bits per heavy atom. The van der Waals surface area contributed by atoms with Crippen LogP contribution in [0.3, 0.4) is 0 Å². The lowest BCUT2D eigenvalue weighted by atomic mass is 9.72. The number of aryl methyl sites for hydroxylation is 1. The zero-order valence-corrected chi connectivity index (χ0v) is 14.5. The van der Waals surface area contributed by atoms with Crippen LogP contribution in [-0.4, -0.2) is 56.4 Å². The van der Waals surface area contributed by atoms with Crippen molar-refractivity contribution in [1.82, 2.24) is 20.1 Å². The smallest absolute Gasteiger partial charge is 0.534 e. The van der Waals surface area contributed by atoms with E-state index in [1.165, 1.54) is 17.1 Å². The highest BCUT2D eigenvalue weighted by Crippen LogP contribution is 2.30. The summed E-state index contributed by atoms with van der Waals surface area (Å²) in [6.07, 6.45) is 2.98. The maximum Gasteiger partial charge on any atom is 0.547 e. The van der Waals surface area contributed by atoms with Crippen LogP contribution >= 0.6 is 0 Å². The third kappa shape index (κ3) is 4.26. The largest absolute Gasteiger partial charge is 0.547 e. The second-order valence-corrected chi connectivity index (χ2v) is 6.21. The predicted molar refractivity (Wildman–Crippen MR) is 95.0 cm³/mol. The number of fused-ring (bicyclic) bond motifs is 1. The number of carboxylic acid groups (broad SMARTS) is 1. The zero-order valence-electron chi connectivity index (χ0n) is 14.5. The molecular formula is C16H20BN5O5. The first-order valence-corrected chi connectivity index (χ1v) is 8.55. The van der Waals surface area contributed by atoms with Crippen LogP contribution in [-0.2, 0) is 24.2 Å². The summed E-state index contributed by atoms with van der Waals surface area (Å²) in [5.74, 6) is -1.42. The van der Waals surface area contributed by atoms with E-state index in [0.29, 0.717) is 24.4 Å². The second kappa shape index (κ2) is 8.19. The number of nitrogens with one attached hydrogen (secondary N) is 1. The first kappa shape index (κ1) is 18.9. The Morgan fingerprint density at radius 2 is 2.26 bits per heavy atom. The van der Waals surface area contributed by atoms with E-state index in [-0.39, 0.29) is 30.2 Å². The molecule has 1 amide bonds. The average Bonchev–Trinajstić information content (AvgIpc) is 3.06. The van der Waals surface area contributed by atoms with Crippen molar-refractivity contribution >= 4 is 19.0 Å². The average molecular weight is 373 g/mol. The molecule has 0 spiro atoms. The lowest BCUT2D eigenvalue weighted by Gasteiger charge is -2.28. The summed E-state index contributed by atoms with van der Waals surface area (Å²) in [5, 5.41) is 26.1. The first-order valence-electron chi connectivity index (χ1n) is 8.55. The van der Waals surface area contributed by atoms with Gasteiger partial charge in [-0.15, -0.1) is 0 Å². The fourth-order valence-electron chi connectivity index (χ4n) is 2.98. The third-order valence-electron chi connectivity index (χ3n) is 4.29. The Hall–Kier alpha value is -2.92. The minimum absolute atomic E-state index is 0.0245. The van der Waals surface area contributed by atoms with Crippen LogP contribution in [0.25, 0.3) is 0 Å². The Balaban J connectivity index is 1.66. The number of aromatic carboxylic acids is 1. The summed E-state index contributed by atoms with van der Waals surface area (Å²) in [6, 6.07) is 4.71. The van der Waals surface area contributed by atoms with Crippen LogP contribution in [0.5, 0.6) is 5.75 Å². The highest BCUT2D eigenvalue weighted by molar-refractivity contribution is 6.47. The SMILES string of the molecule is NCCCc1ncnn1CC(=O)N[C@H]1Cc2cccc(C(=O)O)c2OB1O. The van der Waals surface area contributed by atoms with Gasteiger partial charge in [0.15, 0.2) is 0 Å². The number of carboxylic acids is 1. The van der Waals surface area contributed by atoms with Gasteiger partial charge in [-0.3, -0.25) is 4.79 Å². The van der Waals surface area contributed by atoms with E-state index in [9.17, 15) is 19.7 Å². The van der Waals surface area contributed by atoms with Gasteiger partial charge in [0.05, 0.1) is 11.5 Å². The van der Waals surface area contributed by atoms with Crippen LogP contribution in [0.15, 0.2) is 24.5 Å². The molecule has 142 valence electrons.